The number of amides is 2. The molecule has 0 radical (unpaired) electrons. The highest BCUT2D eigenvalue weighted by Gasteiger charge is 2.21. The summed E-state index contributed by atoms with van der Waals surface area (Å²) in [4.78, 5) is 24.0. The Morgan fingerprint density at radius 3 is 2.62 bits per heavy atom. The van der Waals surface area contributed by atoms with Gasteiger partial charge in [-0.2, -0.15) is 0 Å². The van der Waals surface area contributed by atoms with Crippen LogP contribution in [-0.2, 0) is 21.1 Å². The van der Waals surface area contributed by atoms with Crippen molar-refractivity contribution in [1.82, 2.24) is 5.32 Å². The van der Waals surface area contributed by atoms with Crippen LogP contribution in [-0.4, -0.2) is 26.5 Å². The lowest BCUT2D eigenvalue weighted by molar-refractivity contribution is -0.116. The summed E-state index contributed by atoms with van der Waals surface area (Å²) in [5.41, 5.74) is 2.85. The van der Waals surface area contributed by atoms with Crippen LogP contribution < -0.4 is 10.6 Å². The molecule has 2 aromatic carbocycles. The van der Waals surface area contributed by atoms with Crippen LogP contribution in [0, 0.1) is 0 Å². The lowest BCUT2D eigenvalue weighted by Crippen LogP contribution is -2.28. The fourth-order valence-electron chi connectivity index (χ4n) is 3.01. The lowest BCUT2D eigenvalue weighted by atomic mass is 9.97. The highest BCUT2D eigenvalue weighted by atomic mass is 32.2. The van der Waals surface area contributed by atoms with Gasteiger partial charge < -0.3 is 10.6 Å². The van der Waals surface area contributed by atoms with E-state index in [4.69, 9.17) is 0 Å². The van der Waals surface area contributed by atoms with Crippen LogP contribution in [0.2, 0.25) is 0 Å². The van der Waals surface area contributed by atoms with Gasteiger partial charge in [-0.3, -0.25) is 9.59 Å². The zero-order valence-corrected chi connectivity index (χ0v) is 15.4. The van der Waals surface area contributed by atoms with E-state index in [9.17, 15) is 18.0 Å². The Balaban J connectivity index is 1.82. The maximum absolute atomic E-state index is 12.6. The molecule has 2 aromatic rings. The molecule has 26 heavy (non-hydrogen) atoms. The lowest BCUT2D eigenvalue weighted by Gasteiger charge is -2.20. The highest BCUT2D eigenvalue weighted by Crippen LogP contribution is 2.26. The second-order valence-corrected chi connectivity index (χ2v) is 8.41. The molecule has 1 aliphatic rings. The molecule has 1 unspecified atom stereocenters. The number of fused-ring (bicyclic) bond motifs is 1. The SMILES string of the molecule is CC(NC(=O)c1ccccc1S(C)(=O)=O)c1ccc2c(c1)CCC(=O)N2. The molecule has 0 saturated carbocycles. The largest absolute Gasteiger partial charge is 0.345 e. The first-order chi connectivity index (χ1) is 12.3. The maximum Gasteiger partial charge on any atom is 0.253 e. The number of carbonyl (C=O) groups excluding carboxylic acids is 2. The van der Waals surface area contributed by atoms with Crippen molar-refractivity contribution >= 4 is 27.3 Å². The first-order valence-corrected chi connectivity index (χ1v) is 10.2. The summed E-state index contributed by atoms with van der Waals surface area (Å²) in [7, 11) is -3.50. The normalized spacial score (nSPS) is 14.9. The maximum atomic E-state index is 12.6. The van der Waals surface area contributed by atoms with E-state index in [1.807, 2.05) is 25.1 Å². The molecule has 0 aliphatic carbocycles. The minimum absolute atomic E-state index is 0.00369. The predicted octanol–water partition coefficient (Wildman–Crippen LogP) is 2.47. The summed E-state index contributed by atoms with van der Waals surface area (Å²) in [5.74, 6) is -0.437. The Hall–Kier alpha value is -2.67. The second kappa shape index (κ2) is 6.92. The monoisotopic (exact) mass is 372 g/mol. The van der Waals surface area contributed by atoms with Crippen LogP contribution in [0.1, 0.15) is 40.9 Å². The quantitative estimate of drug-likeness (QED) is 0.862. The van der Waals surface area contributed by atoms with E-state index in [0.717, 1.165) is 23.1 Å². The average Bonchev–Trinajstić information content (AvgIpc) is 2.60. The van der Waals surface area contributed by atoms with E-state index in [1.165, 1.54) is 12.1 Å². The fourth-order valence-corrected chi connectivity index (χ4v) is 3.89. The third-order valence-corrected chi connectivity index (χ3v) is 5.56. The number of hydrogen-bond acceptors (Lipinski definition) is 4. The van der Waals surface area contributed by atoms with Gasteiger partial charge in [0.05, 0.1) is 16.5 Å². The molecule has 2 N–H and O–H groups in total. The molecule has 0 fully saturated rings. The van der Waals surface area contributed by atoms with Gasteiger partial charge in [-0.05, 0) is 42.7 Å². The molecule has 1 atom stereocenters. The average molecular weight is 372 g/mol. The van der Waals surface area contributed by atoms with Crippen LogP contribution >= 0.6 is 0 Å². The van der Waals surface area contributed by atoms with Crippen molar-refractivity contribution in [3.05, 3.63) is 59.2 Å². The van der Waals surface area contributed by atoms with Gasteiger partial charge in [-0.25, -0.2) is 8.42 Å². The number of hydrogen-bond donors (Lipinski definition) is 2. The summed E-state index contributed by atoms with van der Waals surface area (Å²) in [6.45, 7) is 1.84. The molecule has 1 aliphatic heterocycles. The summed E-state index contributed by atoms with van der Waals surface area (Å²) < 4.78 is 23.8. The summed E-state index contributed by atoms with van der Waals surface area (Å²) >= 11 is 0. The van der Waals surface area contributed by atoms with E-state index in [0.29, 0.717) is 12.8 Å². The summed E-state index contributed by atoms with van der Waals surface area (Å²) in [5, 5.41) is 5.67. The zero-order valence-electron chi connectivity index (χ0n) is 14.6. The molecular formula is C19H20N2O4S. The van der Waals surface area contributed by atoms with Crippen LogP contribution in [0.4, 0.5) is 5.69 Å². The standard InChI is InChI=1S/C19H20N2O4S/c1-12(13-7-9-16-14(11-13)8-10-18(22)21-16)20-19(23)15-5-3-4-6-17(15)26(2,24)25/h3-7,9,11-12H,8,10H2,1-2H3,(H,20,23)(H,21,22). The summed E-state index contributed by atoms with van der Waals surface area (Å²) in [6, 6.07) is 11.5. The van der Waals surface area contributed by atoms with Gasteiger partial charge in [0.15, 0.2) is 9.84 Å². The molecule has 1 heterocycles. The minimum atomic E-state index is -3.50. The fraction of sp³-hybridized carbons (Fsp3) is 0.263. The number of nitrogens with one attached hydrogen (secondary N) is 2. The van der Waals surface area contributed by atoms with E-state index in [-0.39, 0.29) is 22.4 Å². The number of aryl methyl sites for hydroxylation is 1. The van der Waals surface area contributed by atoms with Gasteiger partial charge >= 0.3 is 0 Å². The van der Waals surface area contributed by atoms with Gasteiger partial charge in [0.1, 0.15) is 0 Å². The van der Waals surface area contributed by atoms with Crippen LogP contribution in [0.5, 0.6) is 0 Å². The molecular weight excluding hydrogens is 352 g/mol. The molecule has 136 valence electrons. The number of sulfone groups is 1. The molecule has 0 spiro atoms. The van der Waals surface area contributed by atoms with Crippen molar-refractivity contribution in [1.29, 1.82) is 0 Å². The topological polar surface area (TPSA) is 92.3 Å². The first-order valence-electron chi connectivity index (χ1n) is 8.28. The van der Waals surface area contributed by atoms with E-state index in [2.05, 4.69) is 10.6 Å². The van der Waals surface area contributed by atoms with Crippen LogP contribution in [0.25, 0.3) is 0 Å². The van der Waals surface area contributed by atoms with Gasteiger partial charge in [-0.15, -0.1) is 0 Å². The highest BCUT2D eigenvalue weighted by molar-refractivity contribution is 7.90. The van der Waals surface area contributed by atoms with Crippen molar-refractivity contribution in [2.24, 2.45) is 0 Å². The smallest absolute Gasteiger partial charge is 0.253 e. The Bertz CT molecular complexity index is 983. The third kappa shape index (κ3) is 3.77. The Kier molecular flexibility index (Phi) is 4.82. The molecule has 3 rings (SSSR count). The number of benzene rings is 2. The molecule has 0 saturated heterocycles. The molecule has 6 nitrogen and oxygen atoms in total. The third-order valence-electron chi connectivity index (χ3n) is 4.40. The molecule has 2 amide bonds. The van der Waals surface area contributed by atoms with Crippen LogP contribution in [0.15, 0.2) is 47.4 Å². The van der Waals surface area contributed by atoms with Crippen molar-refractivity contribution in [2.75, 3.05) is 11.6 Å². The van der Waals surface area contributed by atoms with Gasteiger partial charge in [0.25, 0.3) is 5.91 Å². The van der Waals surface area contributed by atoms with E-state index in [1.54, 1.807) is 12.1 Å². The molecule has 0 bridgehead atoms. The van der Waals surface area contributed by atoms with Crippen molar-refractivity contribution in [3.8, 4) is 0 Å². The number of carbonyl (C=O) groups is 2. The molecule has 7 heteroatoms. The van der Waals surface area contributed by atoms with Gasteiger partial charge in [0.2, 0.25) is 5.91 Å². The predicted molar refractivity (Wildman–Crippen MR) is 98.8 cm³/mol. The second-order valence-electron chi connectivity index (χ2n) is 6.43. The zero-order chi connectivity index (χ0) is 18.9. The Morgan fingerprint density at radius 1 is 1.15 bits per heavy atom. The molecule has 0 aromatic heterocycles. The van der Waals surface area contributed by atoms with Crippen molar-refractivity contribution in [2.45, 2.75) is 30.7 Å². The van der Waals surface area contributed by atoms with Gasteiger partial charge in [-0.1, -0.05) is 24.3 Å². The van der Waals surface area contributed by atoms with E-state index >= 15 is 0 Å². The number of rotatable bonds is 4. The van der Waals surface area contributed by atoms with E-state index < -0.39 is 15.7 Å². The Morgan fingerprint density at radius 2 is 1.88 bits per heavy atom. The van der Waals surface area contributed by atoms with Crippen molar-refractivity contribution < 1.29 is 18.0 Å². The first kappa shape index (κ1) is 18.1. The number of anilines is 1. The van der Waals surface area contributed by atoms with Crippen LogP contribution in [0.3, 0.4) is 0 Å². The summed E-state index contributed by atoms with van der Waals surface area (Å²) in [6.07, 6.45) is 2.19. The Labute approximate surface area is 152 Å². The van der Waals surface area contributed by atoms with Crippen molar-refractivity contribution in [3.63, 3.8) is 0 Å². The minimum Gasteiger partial charge on any atom is -0.345 e. The van der Waals surface area contributed by atoms with Gasteiger partial charge in [0, 0.05) is 18.4 Å².